The Morgan fingerprint density at radius 3 is 2.26 bits per heavy atom. The van der Waals surface area contributed by atoms with Gasteiger partial charge in [-0.05, 0) is 88.4 Å². The number of ether oxygens (including phenoxy) is 2. The number of nitro groups is 2. The number of carbonyl (C=O) groups excluding carboxylic acids is 1. The summed E-state index contributed by atoms with van der Waals surface area (Å²) in [4.78, 5) is 35.7. The number of Topliss-reactive ketones (excluding diaryl/α,β-unsaturated/α-hetero) is 1. The number of rotatable bonds is 14. The second kappa shape index (κ2) is 16.2. The third kappa shape index (κ3) is 7.96. The maximum Gasteiger partial charge on any atom is 1.00 e. The number of hydrogen-bond acceptors (Lipinski definition) is 10. The first-order valence-electron chi connectivity index (χ1n) is 16.4. The summed E-state index contributed by atoms with van der Waals surface area (Å²) in [6.07, 6.45) is 1.64. The average molecular weight is 659 g/mol. The average Bonchev–Trinajstić information content (AvgIpc) is 3.34. The molecule has 2 fully saturated rings. The topological polar surface area (TPSA) is 185 Å². The van der Waals surface area contributed by atoms with Gasteiger partial charge in [0.1, 0.15) is 11.3 Å². The fourth-order valence-electron chi connectivity index (χ4n) is 7.66. The minimum atomic E-state index is -1.12. The molecule has 3 rings (SSSR count). The van der Waals surface area contributed by atoms with E-state index >= 15 is 0 Å². The number of aryl methyl sites for hydroxylation is 1. The molecular weight excluding hydrogens is 607 g/mol. The van der Waals surface area contributed by atoms with Gasteiger partial charge in [-0.3, -0.25) is 25.0 Å². The Balaban J connectivity index is 0.00000736. The molecule has 2 unspecified atom stereocenters. The summed E-state index contributed by atoms with van der Waals surface area (Å²) in [6.45, 7) is 14.5. The smallest absolute Gasteiger partial charge is 0.868 e. The van der Waals surface area contributed by atoms with Crippen molar-refractivity contribution >= 4 is 17.2 Å². The maximum absolute atomic E-state index is 13.9. The summed E-state index contributed by atoms with van der Waals surface area (Å²) < 4.78 is 13.2. The molecule has 0 bridgehead atoms. The normalized spacial score (nSPS) is 30.6. The predicted molar refractivity (Wildman–Crippen MR) is 166 cm³/mol. The SMILES string of the molecule is CC[C@@H](C(=O)[C@@H](C)[C@@H](O)[C@H](C)CCc1c([N+](=O)[O-])cc(C)c([O-])c1[N+](=O)[O-])C1O[C@](CC)(C2CC[C@](O)(CC)[C@H](C)O2)C[C@@H]1C.[Na+]. The fraction of sp³-hybridized carbons (Fsp3) is 0.788. The van der Waals surface area contributed by atoms with E-state index < -0.39 is 62.0 Å². The fourth-order valence-corrected chi connectivity index (χ4v) is 7.66. The van der Waals surface area contributed by atoms with E-state index in [1.807, 2.05) is 20.8 Å². The van der Waals surface area contributed by atoms with Crippen LogP contribution >= 0.6 is 0 Å². The molecule has 0 spiro atoms. The van der Waals surface area contributed by atoms with Crippen molar-refractivity contribution in [1.82, 2.24) is 0 Å². The molecule has 2 N–H and O–H groups in total. The van der Waals surface area contributed by atoms with E-state index in [1.54, 1.807) is 13.8 Å². The largest absolute Gasteiger partial charge is 1.00 e. The van der Waals surface area contributed by atoms with Crippen LogP contribution in [0.3, 0.4) is 0 Å². The van der Waals surface area contributed by atoms with Crippen LogP contribution in [-0.4, -0.2) is 61.5 Å². The molecule has 0 radical (unpaired) electrons. The number of ketones is 1. The molecule has 2 heterocycles. The molecule has 10 atom stereocenters. The first kappa shape index (κ1) is 40.5. The monoisotopic (exact) mass is 658 g/mol. The van der Waals surface area contributed by atoms with Gasteiger partial charge in [-0.2, -0.15) is 0 Å². The Labute approximate surface area is 294 Å². The second-order valence-electron chi connectivity index (χ2n) is 13.5. The van der Waals surface area contributed by atoms with Gasteiger partial charge in [0.15, 0.2) is 0 Å². The summed E-state index contributed by atoms with van der Waals surface area (Å²) in [7, 11) is 0. The molecule has 2 saturated heterocycles. The van der Waals surface area contributed by atoms with Gasteiger partial charge in [0.2, 0.25) is 0 Å². The van der Waals surface area contributed by atoms with Gasteiger partial charge in [-0.25, -0.2) is 0 Å². The van der Waals surface area contributed by atoms with Crippen molar-refractivity contribution < 1.29 is 69.0 Å². The number of benzene rings is 1. The van der Waals surface area contributed by atoms with Crippen molar-refractivity contribution in [2.45, 2.75) is 142 Å². The van der Waals surface area contributed by atoms with Crippen LogP contribution in [0.4, 0.5) is 11.4 Å². The molecule has 0 amide bonds. The zero-order chi connectivity index (χ0) is 34.0. The van der Waals surface area contributed by atoms with Crippen LogP contribution in [0.5, 0.6) is 5.75 Å². The molecule has 13 heteroatoms. The summed E-state index contributed by atoms with van der Waals surface area (Å²) in [5.41, 5.74) is -3.14. The third-order valence-electron chi connectivity index (χ3n) is 10.9. The van der Waals surface area contributed by atoms with Crippen molar-refractivity contribution in [3.05, 3.63) is 37.4 Å². The number of carbonyl (C=O) groups is 1. The van der Waals surface area contributed by atoms with Gasteiger partial charge in [0.05, 0.1) is 45.5 Å². The molecule has 1 aromatic rings. The molecular formula is C33H51N2NaO10. The van der Waals surface area contributed by atoms with Crippen LogP contribution < -0.4 is 34.7 Å². The molecule has 254 valence electrons. The number of aliphatic hydroxyl groups is 2. The molecule has 0 saturated carbocycles. The molecule has 0 aromatic heterocycles. The number of nitrogens with zero attached hydrogens (tertiary/aromatic N) is 2. The minimum absolute atomic E-state index is 0. The number of hydrogen-bond donors (Lipinski definition) is 2. The Morgan fingerprint density at radius 1 is 1.13 bits per heavy atom. The van der Waals surface area contributed by atoms with Gasteiger partial charge in [0, 0.05) is 17.9 Å². The van der Waals surface area contributed by atoms with Crippen molar-refractivity contribution in [1.29, 1.82) is 0 Å². The minimum Gasteiger partial charge on any atom is -0.868 e. The summed E-state index contributed by atoms with van der Waals surface area (Å²) in [6, 6.07) is 1.05. The Bertz CT molecular complexity index is 1260. The van der Waals surface area contributed by atoms with E-state index in [-0.39, 0.29) is 83.5 Å². The van der Waals surface area contributed by atoms with Gasteiger partial charge >= 0.3 is 29.6 Å². The van der Waals surface area contributed by atoms with Gasteiger partial charge in [-0.15, -0.1) is 0 Å². The van der Waals surface area contributed by atoms with E-state index in [9.17, 15) is 40.3 Å². The van der Waals surface area contributed by atoms with Crippen LogP contribution in [0.1, 0.15) is 105 Å². The van der Waals surface area contributed by atoms with Gasteiger partial charge in [0.25, 0.3) is 11.4 Å². The summed E-state index contributed by atoms with van der Waals surface area (Å²) in [5, 5.41) is 58.0. The molecule has 46 heavy (non-hydrogen) atoms. The Morgan fingerprint density at radius 2 is 1.76 bits per heavy atom. The van der Waals surface area contributed by atoms with Gasteiger partial charge < -0.3 is 24.8 Å². The van der Waals surface area contributed by atoms with E-state index in [2.05, 4.69) is 13.8 Å². The molecule has 2 aliphatic heterocycles. The zero-order valence-electron chi connectivity index (χ0n) is 28.9. The van der Waals surface area contributed by atoms with Crippen molar-refractivity contribution in [2.75, 3.05) is 0 Å². The van der Waals surface area contributed by atoms with Crippen LogP contribution in [0.25, 0.3) is 0 Å². The molecule has 2 aliphatic rings. The van der Waals surface area contributed by atoms with Crippen molar-refractivity contribution in [3.63, 3.8) is 0 Å². The molecule has 0 aliphatic carbocycles. The van der Waals surface area contributed by atoms with E-state index in [0.29, 0.717) is 38.5 Å². The molecule has 12 nitrogen and oxygen atoms in total. The van der Waals surface area contributed by atoms with E-state index in [0.717, 1.165) is 6.07 Å². The van der Waals surface area contributed by atoms with E-state index in [1.165, 1.54) is 6.92 Å². The van der Waals surface area contributed by atoms with Crippen molar-refractivity contribution in [3.8, 4) is 5.75 Å². The zero-order valence-corrected chi connectivity index (χ0v) is 30.9. The van der Waals surface area contributed by atoms with Gasteiger partial charge in [-0.1, -0.05) is 41.5 Å². The second-order valence-corrected chi connectivity index (χ2v) is 13.5. The first-order chi connectivity index (χ1) is 21.0. The van der Waals surface area contributed by atoms with Crippen LogP contribution in [0.15, 0.2) is 6.07 Å². The van der Waals surface area contributed by atoms with Crippen LogP contribution in [-0.2, 0) is 20.7 Å². The van der Waals surface area contributed by atoms with Crippen LogP contribution in [0, 0.1) is 50.8 Å². The van der Waals surface area contributed by atoms with E-state index in [4.69, 9.17) is 9.47 Å². The Kier molecular flexibility index (Phi) is 14.2. The Hall–Kier alpha value is -1.67. The predicted octanol–water partition coefficient (Wildman–Crippen LogP) is 2.33. The summed E-state index contributed by atoms with van der Waals surface area (Å²) >= 11 is 0. The standard InChI is InChI=1S/C33H52N2O10.Na/c1-9-23(31-20(6)17-33(11-3,45-31)26-14-15-32(39,10-2)22(8)44-26)30(38)21(7)28(36)18(4)12-13-24-25(34(40)41)16-19(5)29(37)27(24)35(42)43;/h16,18,20-23,26,28,31,36-37,39H,9-15,17H2,1-8H3;/q;+1/p-1/t18-,20+,21+,22+,23+,26?,28+,31?,32-,33+;/m1./s1. The quantitative estimate of drug-likeness (QED) is 0.171. The number of nitro benzene ring substituents is 2. The van der Waals surface area contributed by atoms with Crippen LogP contribution in [0.2, 0.25) is 0 Å². The number of aliphatic hydroxyl groups excluding tert-OH is 1. The van der Waals surface area contributed by atoms with Crippen molar-refractivity contribution in [2.24, 2.45) is 23.7 Å². The third-order valence-corrected chi connectivity index (χ3v) is 10.9. The maximum atomic E-state index is 13.9. The molecule has 1 aromatic carbocycles. The summed E-state index contributed by atoms with van der Waals surface area (Å²) in [5.74, 6) is -2.79. The first-order valence-corrected chi connectivity index (χ1v) is 16.4.